The molecule has 10 aromatic rings. The van der Waals surface area contributed by atoms with E-state index in [4.69, 9.17) is 8.83 Å². The minimum atomic E-state index is -0.640. The summed E-state index contributed by atoms with van der Waals surface area (Å²) in [5.41, 5.74) is 15.8. The van der Waals surface area contributed by atoms with Gasteiger partial charge in [-0.2, -0.15) is 0 Å². The van der Waals surface area contributed by atoms with Gasteiger partial charge >= 0.3 is 0 Å². The maximum absolute atomic E-state index is 6.85. The molecule has 0 fully saturated rings. The number of anilines is 4. The maximum Gasteiger partial charge on any atom is 0.159 e. The molecule has 4 heteroatoms. The molecule has 1 atom stereocenters. The van der Waals surface area contributed by atoms with Crippen molar-refractivity contribution < 1.29 is 8.83 Å². The normalized spacial score (nSPS) is 16.7. The molecule has 0 aliphatic heterocycles. The predicted octanol–water partition coefficient (Wildman–Crippen LogP) is 14.8. The van der Waals surface area contributed by atoms with E-state index in [0.717, 1.165) is 78.6 Å². The van der Waals surface area contributed by atoms with Gasteiger partial charge in [-0.15, -0.1) is 0 Å². The van der Waals surface area contributed by atoms with Crippen molar-refractivity contribution in [3.8, 4) is 0 Å². The van der Waals surface area contributed by atoms with Gasteiger partial charge < -0.3 is 19.1 Å². The zero-order valence-corrected chi connectivity index (χ0v) is 32.9. The lowest BCUT2D eigenvalue weighted by Gasteiger charge is -2.44. The smallest absolute Gasteiger partial charge is 0.159 e. The minimum Gasteiger partial charge on any atom is -0.456 e. The highest BCUT2D eigenvalue weighted by atomic mass is 16.3. The van der Waals surface area contributed by atoms with E-state index in [1.807, 2.05) is 6.07 Å². The fourth-order valence-corrected chi connectivity index (χ4v) is 10.3. The zero-order valence-electron chi connectivity index (χ0n) is 32.9. The van der Waals surface area contributed by atoms with Crippen molar-refractivity contribution in [2.75, 3.05) is 10.2 Å². The highest BCUT2D eigenvalue weighted by Crippen LogP contribution is 2.60. The molecule has 59 heavy (non-hydrogen) atoms. The van der Waals surface area contributed by atoms with Crippen molar-refractivity contribution in [3.05, 3.63) is 221 Å². The van der Waals surface area contributed by atoms with Crippen LogP contribution in [-0.4, -0.2) is 0 Å². The fourth-order valence-electron chi connectivity index (χ4n) is 10.3. The molecule has 0 saturated carbocycles. The van der Waals surface area contributed by atoms with E-state index in [0.29, 0.717) is 0 Å². The van der Waals surface area contributed by atoms with Crippen LogP contribution < -0.4 is 10.2 Å². The Morgan fingerprint density at radius 3 is 1.81 bits per heavy atom. The fraction of sp³-hybridized carbons (Fsp3) is 0.0909. The molecule has 12 rings (SSSR count). The number of hydrogen-bond acceptors (Lipinski definition) is 4. The van der Waals surface area contributed by atoms with Gasteiger partial charge in [-0.1, -0.05) is 147 Å². The average molecular weight is 761 g/mol. The first-order valence-electron chi connectivity index (χ1n) is 20.5. The quantitative estimate of drug-likeness (QED) is 0.183. The molecule has 4 nitrogen and oxygen atoms in total. The SMILES string of the molecule is CC1(C)C2=C(c3ccc(N(c4ccccc4)c4cccc5c4oc4ccccc45)cc31)c1ccccc1C(Nc1ccccc1)(c1cccc3c1oc1ccccc13)C2. The van der Waals surface area contributed by atoms with Crippen molar-refractivity contribution in [2.45, 2.75) is 31.2 Å². The molecule has 2 aliphatic rings. The van der Waals surface area contributed by atoms with Crippen molar-refractivity contribution in [2.24, 2.45) is 0 Å². The van der Waals surface area contributed by atoms with Gasteiger partial charge in [0, 0.05) is 56.0 Å². The molecule has 0 amide bonds. The van der Waals surface area contributed by atoms with Crippen molar-refractivity contribution in [1.29, 1.82) is 0 Å². The molecule has 1 unspecified atom stereocenters. The lowest BCUT2D eigenvalue weighted by Crippen LogP contribution is -2.42. The van der Waals surface area contributed by atoms with Gasteiger partial charge in [0.25, 0.3) is 0 Å². The summed E-state index contributed by atoms with van der Waals surface area (Å²) in [5.74, 6) is 0. The molecule has 0 radical (unpaired) electrons. The van der Waals surface area contributed by atoms with Gasteiger partial charge in [-0.3, -0.25) is 0 Å². The molecule has 0 bridgehead atoms. The van der Waals surface area contributed by atoms with Crippen LogP contribution in [0, 0.1) is 0 Å². The number of rotatable bonds is 6. The standard InChI is InChI=1S/C55H40N2O2/c1-54(2)46-33-37(57(36-19-7-4-8-20-36)48-28-16-25-41-39-22-11-14-30-50(39)59-53(41)48)31-32-43(46)51-42-23-9-12-26-44(42)55(34-47(51)54,56-35-17-5-3-6-18-35)45-27-15-24-40-38-21-10-13-29-49(38)58-52(40)45/h3-33,56H,34H2,1-2H3. The lowest BCUT2D eigenvalue weighted by atomic mass is 9.66. The second kappa shape index (κ2) is 12.6. The first kappa shape index (κ1) is 33.8. The second-order valence-corrected chi connectivity index (χ2v) is 16.5. The van der Waals surface area contributed by atoms with E-state index in [1.165, 1.54) is 33.4 Å². The summed E-state index contributed by atoms with van der Waals surface area (Å²) in [5, 5.41) is 8.65. The Morgan fingerprint density at radius 1 is 0.475 bits per heavy atom. The Morgan fingerprint density at radius 2 is 1.05 bits per heavy atom. The topological polar surface area (TPSA) is 41.6 Å². The number of para-hydroxylation sites is 6. The summed E-state index contributed by atoms with van der Waals surface area (Å²) in [6.45, 7) is 4.82. The molecule has 2 aromatic heterocycles. The molecule has 2 heterocycles. The Balaban J connectivity index is 1.07. The van der Waals surface area contributed by atoms with Crippen molar-refractivity contribution >= 4 is 72.2 Å². The van der Waals surface area contributed by atoms with Gasteiger partial charge in [0.15, 0.2) is 5.58 Å². The number of furan rings is 2. The number of benzene rings is 8. The van der Waals surface area contributed by atoms with Gasteiger partial charge in [-0.05, 0) is 88.0 Å². The predicted molar refractivity (Wildman–Crippen MR) is 243 cm³/mol. The Hall–Kier alpha value is -7.30. The third kappa shape index (κ3) is 4.90. The number of nitrogens with one attached hydrogen (secondary N) is 1. The molecule has 0 saturated heterocycles. The third-order valence-electron chi connectivity index (χ3n) is 13.0. The number of nitrogens with zero attached hydrogens (tertiary/aromatic N) is 1. The molecule has 2 aliphatic carbocycles. The first-order valence-corrected chi connectivity index (χ1v) is 20.5. The van der Waals surface area contributed by atoms with Crippen molar-refractivity contribution in [1.82, 2.24) is 0 Å². The van der Waals surface area contributed by atoms with E-state index >= 15 is 0 Å². The maximum atomic E-state index is 6.85. The molecular weight excluding hydrogens is 721 g/mol. The van der Waals surface area contributed by atoms with Crippen LogP contribution in [-0.2, 0) is 11.0 Å². The van der Waals surface area contributed by atoms with Crippen LogP contribution in [0.4, 0.5) is 22.7 Å². The van der Waals surface area contributed by atoms with Gasteiger partial charge in [0.1, 0.15) is 16.7 Å². The van der Waals surface area contributed by atoms with E-state index < -0.39 is 5.54 Å². The molecule has 8 aromatic carbocycles. The van der Waals surface area contributed by atoms with Crippen LogP contribution in [0.2, 0.25) is 0 Å². The van der Waals surface area contributed by atoms with Gasteiger partial charge in [0.2, 0.25) is 0 Å². The summed E-state index contributed by atoms with van der Waals surface area (Å²) in [6.07, 6.45) is 0.752. The molecular formula is C55H40N2O2. The molecule has 1 N–H and O–H groups in total. The summed E-state index contributed by atoms with van der Waals surface area (Å²) >= 11 is 0. The van der Waals surface area contributed by atoms with Gasteiger partial charge in [-0.25, -0.2) is 0 Å². The highest BCUT2D eigenvalue weighted by Gasteiger charge is 2.50. The van der Waals surface area contributed by atoms with Crippen LogP contribution in [0.25, 0.3) is 49.5 Å². The highest BCUT2D eigenvalue weighted by molar-refractivity contribution is 6.10. The van der Waals surface area contributed by atoms with Crippen LogP contribution in [0.15, 0.2) is 202 Å². The zero-order chi connectivity index (χ0) is 39.3. The van der Waals surface area contributed by atoms with E-state index in [2.05, 4.69) is 206 Å². The third-order valence-corrected chi connectivity index (χ3v) is 13.0. The molecule has 0 spiro atoms. The number of hydrogen-bond donors (Lipinski definition) is 1. The van der Waals surface area contributed by atoms with Crippen LogP contribution in [0.3, 0.4) is 0 Å². The summed E-state index contributed by atoms with van der Waals surface area (Å²) in [4.78, 5) is 2.36. The largest absolute Gasteiger partial charge is 0.456 e. The van der Waals surface area contributed by atoms with Crippen LogP contribution >= 0.6 is 0 Å². The van der Waals surface area contributed by atoms with E-state index in [9.17, 15) is 0 Å². The Kier molecular flexibility index (Phi) is 7.22. The van der Waals surface area contributed by atoms with Crippen LogP contribution in [0.5, 0.6) is 0 Å². The van der Waals surface area contributed by atoms with E-state index in [-0.39, 0.29) is 5.41 Å². The summed E-state index contributed by atoms with van der Waals surface area (Å²) in [7, 11) is 0. The van der Waals surface area contributed by atoms with E-state index in [1.54, 1.807) is 0 Å². The van der Waals surface area contributed by atoms with Crippen molar-refractivity contribution in [3.63, 3.8) is 0 Å². The minimum absolute atomic E-state index is 0.312. The average Bonchev–Trinajstić information content (AvgIpc) is 3.93. The first-order chi connectivity index (χ1) is 29.0. The van der Waals surface area contributed by atoms with Crippen LogP contribution in [0.1, 0.15) is 48.1 Å². The molecule has 282 valence electrons. The lowest BCUT2D eigenvalue weighted by molar-refractivity contribution is 0.504. The second-order valence-electron chi connectivity index (χ2n) is 16.5. The monoisotopic (exact) mass is 760 g/mol. The number of fused-ring (bicyclic) bond motifs is 10. The summed E-state index contributed by atoms with van der Waals surface area (Å²) in [6, 6.07) is 67.3. The Bertz CT molecular complexity index is 3320. The Labute approximate surface area is 342 Å². The summed E-state index contributed by atoms with van der Waals surface area (Å²) < 4.78 is 13.5. The van der Waals surface area contributed by atoms with Gasteiger partial charge in [0.05, 0.1) is 11.2 Å².